The summed E-state index contributed by atoms with van der Waals surface area (Å²) in [5, 5.41) is 0.288. The van der Waals surface area contributed by atoms with Gasteiger partial charge in [-0.3, -0.25) is 9.78 Å². The molecule has 0 atom stereocenters. The van der Waals surface area contributed by atoms with Crippen molar-refractivity contribution in [3.63, 3.8) is 0 Å². The molecule has 3 aromatic rings. The second-order valence-electron chi connectivity index (χ2n) is 5.42. The molecule has 0 N–H and O–H groups in total. The van der Waals surface area contributed by atoms with E-state index >= 15 is 0 Å². The Morgan fingerprint density at radius 2 is 1.83 bits per heavy atom. The Kier molecular flexibility index (Phi) is 3.14. The van der Waals surface area contributed by atoms with E-state index in [2.05, 4.69) is 4.98 Å². The summed E-state index contributed by atoms with van der Waals surface area (Å²) in [7, 11) is -3.91. The third kappa shape index (κ3) is 2.01. The van der Waals surface area contributed by atoms with Crippen molar-refractivity contribution in [2.75, 3.05) is 0 Å². The minimum atomic E-state index is -3.91. The molecule has 0 spiro atoms. The summed E-state index contributed by atoms with van der Waals surface area (Å²) < 4.78 is 39.9. The van der Waals surface area contributed by atoms with Crippen LogP contribution >= 0.6 is 0 Å². The van der Waals surface area contributed by atoms with Crippen LogP contribution < -0.4 is 0 Å². The van der Waals surface area contributed by atoms with Crippen LogP contribution in [-0.2, 0) is 16.6 Å². The standard InChI is InChI=1S/C17H11FN2O3S/c18-14-8-7-11(16-12(14)5-3-9-19-16)10-20-17(21)13-4-1-2-6-15(13)24(20,22)23/h1-9H,10H2. The first kappa shape index (κ1) is 14.8. The Balaban J connectivity index is 1.83. The van der Waals surface area contributed by atoms with Crippen molar-refractivity contribution in [1.29, 1.82) is 0 Å². The Hall–Kier alpha value is -2.80. The largest absolute Gasteiger partial charge is 0.269 e. The average molecular weight is 342 g/mol. The molecule has 2 heterocycles. The summed E-state index contributed by atoms with van der Waals surface area (Å²) >= 11 is 0. The summed E-state index contributed by atoms with van der Waals surface area (Å²) in [6, 6.07) is 11.9. The van der Waals surface area contributed by atoms with Gasteiger partial charge in [0, 0.05) is 11.6 Å². The highest BCUT2D eigenvalue weighted by molar-refractivity contribution is 7.90. The molecule has 2 aromatic carbocycles. The van der Waals surface area contributed by atoms with Gasteiger partial charge in [0.15, 0.2) is 0 Å². The number of hydrogen-bond donors (Lipinski definition) is 0. The molecule has 0 saturated heterocycles. The van der Waals surface area contributed by atoms with Crippen LogP contribution in [-0.4, -0.2) is 23.6 Å². The normalized spacial score (nSPS) is 15.7. The van der Waals surface area contributed by atoms with E-state index in [0.717, 1.165) is 4.31 Å². The number of halogens is 1. The zero-order valence-corrected chi connectivity index (χ0v) is 13.1. The number of nitrogens with zero attached hydrogens (tertiary/aromatic N) is 2. The predicted molar refractivity (Wildman–Crippen MR) is 85.2 cm³/mol. The summed E-state index contributed by atoms with van der Waals surface area (Å²) in [6.07, 6.45) is 1.50. The SMILES string of the molecule is O=C1c2ccccc2S(=O)(=O)N1Cc1ccc(F)c2cccnc12. The number of hydrogen-bond acceptors (Lipinski definition) is 4. The Morgan fingerprint density at radius 1 is 1.04 bits per heavy atom. The third-order valence-corrected chi connectivity index (χ3v) is 5.81. The van der Waals surface area contributed by atoms with E-state index in [4.69, 9.17) is 0 Å². The number of benzene rings is 2. The molecule has 24 heavy (non-hydrogen) atoms. The van der Waals surface area contributed by atoms with Gasteiger partial charge in [-0.1, -0.05) is 18.2 Å². The number of rotatable bonds is 2. The lowest BCUT2D eigenvalue weighted by molar-refractivity contribution is 0.0865. The van der Waals surface area contributed by atoms with Crippen LogP contribution in [0.3, 0.4) is 0 Å². The van der Waals surface area contributed by atoms with E-state index in [9.17, 15) is 17.6 Å². The number of fused-ring (bicyclic) bond motifs is 2. The fourth-order valence-corrected chi connectivity index (χ4v) is 4.41. The maximum absolute atomic E-state index is 13.9. The molecule has 1 aliphatic rings. The molecular formula is C17H11FN2O3S. The Morgan fingerprint density at radius 3 is 2.62 bits per heavy atom. The van der Waals surface area contributed by atoms with Crippen molar-refractivity contribution < 1.29 is 17.6 Å². The van der Waals surface area contributed by atoms with E-state index in [1.165, 1.54) is 30.5 Å². The zero-order chi connectivity index (χ0) is 16.9. The summed E-state index contributed by atoms with van der Waals surface area (Å²) in [5.41, 5.74) is 0.963. The molecule has 4 rings (SSSR count). The first-order valence-electron chi connectivity index (χ1n) is 7.18. The summed E-state index contributed by atoms with van der Waals surface area (Å²) in [4.78, 5) is 16.6. The fraction of sp³-hybridized carbons (Fsp3) is 0.0588. The number of sulfonamides is 1. The van der Waals surface area contributed by atoms with Crippen LogP contribution in [0, 0.1) is 5.82 Å². The highest BCUT2D eigenvalue weighted by Gasteiger charge is 2.40. The van der Waals surface area contributed by atoms with Crippen molar-refractivity contribution in [2.45, 2.75) is 11.4 Å². The van der Waals surface area contributed by atoms with Gasteiger partial charge in [-0.2, -0.15) is 0 Å². The lowest BCUT2D eigenvalue weighted by atomic mass is 10.1. The average Bonchev–Trinajstić information content (AvgIpc) is 2.79. The van der Waals surface area contributed by atoms with Crippen LogP contribution in [0.4, 0.5) is 4.39 Å². The number of pyridine rings is 1. The van der Waals surface area contributed by atoms with Crippen molar-refractivity contribution in [3.05, 3.63) is 71.7 Å². The van der Waals surface area contributed by atoms with Crippen molar-refractivity contribution in [2.24, 2.45) is 0 Å². The van der Waals surface area contributed by atoms with Gasteiger partial charge in [0.2, 0.25) is 0 Å². The molecule has 1 amide bonds. The van der Waals surface area contributed by atoms with Gasteiger partial charge in [-0.05, 0) is 35.9 Å². The first-order chi connectivity index (χ1) is 11.5. The molecule has 0 unspecified atom stereocenters. The molecule has 5 nitrogen and oxygen atoms in total. The van der Waals surface area contributed by atoms with E-state index in [-0.39, 0.29) is 22.4 Å². The summed E-state index contributed by atoms with van der Waals surface area (Å²) in [6.45, 7) is -0.191. The number of carbonyl (C=O) groups excluding carboxylic acids is 1. The molecule has 0 saturated carbocycles. The van der Waals surface area contributed by atoms with Crippen LogP contribution in [0.2, 0.25) is 0 Å². The minimum absolute atomic E-state index is 0.00521. The van der Waals surface area contributed by atoms with Gasteiger partial charge in [0.25, 0.3) is 15.9 Å². The van der Waals surface area contributed by atoms with Gasteiger partial charge < -0.3 is 0 Å². The monoisotopic (exact) mass is 342 g/mol. The lowest BCUT2D eigenvalue weighted by Gasteiger charge is -2.16. The number of aromatic nitrogens is 1. The third-order valence-electron chi connectivity index (χ3n) is 4.03. The van der Waals surface area contributed by atoms with Gasteiger partial charge in [-0.25, -0.2) is 17.1 Å². The van der Waals surface area contributed by atoms with E-state index in [1.54, 1.807) is 24.3 Å². The minimum Gasteiger partial charge on any atom is -0.268 e. The molecule has 0 radical (unpaired) electrons. The van der Waals surface area contributed by atoms with Gasteiger partial charge in [-0.15, -0.1) is 0 Å². The van der Waals surface area contributed by atoms with Gasteiger partial charge in [0.1, 0.15) is 10.7 Å². The molecule has 0 bridgehead atoms. The quantitative estimate of drug-likeness (QED) is 0.718. The lowest BCUT2D eigenvalue weighted by Crippen LogP contribution is -2.29. The number of amides is 1. The van der Waals surface area contributed by atoms with Crippen molar-refractivity contribution in [3.8, 4) is 0 Å². The van der Waals surface area contributed by atoms with E-state index < -0.39 is 21.7 Å². The Bertz CT molecular complexity index is 1100. The Labute approximate surface area is 137 Å². The summed E-state index contributed by atoms with van der Waals surface area (Å²) in [5.74, 6) is -1.03. The van der Waals surface area contributed by atoms with Crippen molar-refractivity contribution >= 4 is 26.8 Å². The molecule has 7 heteroatoms. The smallest absolute Gasteiger partial charge is 0.268 e. The van der Waals surface area contributed by atoms with Crippen molar-refractivity contribution in [1.82, 2.24) is 9.29 Å². The van der Waals surface area contributed by atoms with E-state index in [0.29, 0.717) is 11.1 Å². The second kappa shape index (κ2) is 5.10. The first-order valence-corrected chi connectivity index (χ1v) is 8.62. The molecule has 120 valence electrons. The molecule has 0 fully saturated rings. The topological polar surface area (TPSA) is 67.3 Å². The molecule has 0 aliphatic carbocycles. The highest BCUT2D eigenvalue weighted by atomic mass is 32.2. The predicted octanol–water partition coefficient (Wildman–Crippen LogP) is 2.72. The molecule has 1 aromatic heterocycles. The fourth-order valence-electron chi connectivity index (χ4n) is 2.87. The van der Waals surface area contributed by atoms with Gasteiger partial charge >= 0.3 is 0 Å². The van der Waals surface area contributed by atoms with Gasteiger partial charge in [0.05, 0.1) is 17.6 Å². The second-order valence-corrected chi connectivity index (χ2v) is 7.25. The van der Waals surface area contributed by atoms with Crippen LogP contribution in [0.1, 0.15) is 15.9 Å². The van der Waals surface area contributed by atoms with Crippen LogP contribution in [0.15, 0.2) is 59.6 Å². The maximum atomic E-state index is 13.9. The molecular weight excluding hydrogens is 331 g/mol. The molecule has 1 aliphatic heterocycles. The van der Waals surface area contributed by atoms with E-state index in [1.807, 2.05) is 0 Å². The van der Waals surface area contributed by atoms with Crippen LogP contribution in [0.25, 0.3) is 10.9 Å². The zero-order valence-electron chi connectivity index (χ0n) is 12.3. The van der Waals surface area contributed by atoms with Crippen LogP contribution in [0.5, 0.6) is 0 Å². The highest BCUT2D eigenvalue weighted by Crippen LogP contribution is 2.32. The maximum Gasteiger partial charge on any atom is 0.269 e. The number of carbonyl (C=O) groups is 1.